The Bertz CT molecular complexity index is 716. The molecule has 4 saturated carbocycles. The molecule has 0 radical (unpaired) electrons. The van der Waals surface area contributed by atoms with E-state index < -0.39 is 5.79 Å². The summed E-state index contributed by atoms with van der Waals surface area (Å²) in [5.74, 6) is 3.22. The monoisotopic (exact) mass is 432 g/mol. The van der Waals surface area contributed by atoms with Gasteiger partial charge in [0.25, 0.3) is 0 Å². The Morgan fingerprint density at radius 2 is 1.61 bits per heavy atom. The van der Waals surface area contributed by atoms with Crippen LogP contribution >= 0.6 is 0 Å². The van der Waals surface area contributed by atoms with E-state index in [1.807, 2.05) is 0 Å². The molecule has 1 spiro atoms. The van der Waals surface area contributed by atoms with Crippen LogP contribution < -0.4 is 0 Å². The number of rotatable bonds is 0. The van der Waals surface area contributed by atoms with Gasteiger partial charge < -0.3 is 19.7 Å². The molecule has 6 aliphatic rings. The first-order valence-electron chi connectivity index (χ1n) is 13.4. The van der Waals surface area contributed by atoms with E-state index in [1.165, 1.54) is 25.7 Å². The number of aliphatic hydroxyl groups is 2. The Kier molecular flexibility index (Phi) is 4.78. The molecule has 0 aromatic rings. The van der Waals surface area contributed by atoms with Crippen LogP contribution in [0, 0.1) is 52.3 Å². The first-order valence-corrected chi connectivity index (χ1v) is 13.4. The smallest absolute Gasteiger partial charge is 0.171 e. The highest BCUT2D eigenvalue weighted by Crippen LogP contribution is 2.71. The highest BCUT2D eigenvalue weighted by atomic mass is 16.7. The zero-order valence-electron chi connectivity index (χ0n) is 20.1. The first kappa shape index (κ1) is 21.4. The fourth-order valence-electron chi connectivity index (χ4n) is 10.3. The molecular formula is C27H44O4. The highest BCUT2D eigenvalue weighted by molar-refractivity contribution is 5.18. The van der Waals surface area contributed by atoms with Crippen molar-refractivity contribution in [3.63, 3.8) is 0 Å². The summed E-state index contributed by atoms with van der Waals surface area (Å²) in [5.41, 5.74) is 0.495. The van der Waals surface area contributed by atoms with Gasteiger partial charge in [0, 0.05) is 18.3 Å². The summed E-state index contributed by atoms with van der Waals surface area (Å²) in [4.78, 5) is 0. The zero-order chi connectivity index (χ0) is 21.8. The molecule has 2 heterocycles. The lowest BCUT2D eigenvalue weighted by atomic mass is 9.44. The molecule has 6 rings (SSSR count). The van der Waals surface area contributed by atoms with E-state index >= 15 is 0 Å². The average Bonchev–Trinajstić information content (AvgIpc) is 3.14. The molecule has 2 N–H and O–H groups in total. The number of ether oxygens (including phenoxy) is 2. The maximum absolute atomic E-state index is 11.8. The van der Waals surface area contributed by atoms with Crippen molar-refractivity contribution in [3.05, 3.63) is 0 Å². The lowest BCUT2D eigenvalue weighted by molar-refractivity contribution is -0.282. The van der Waals surface area contributed by atoms with Gasteiger partial charge in [-0.05, 0) is 91.8 Å². The largest absolute Gasteiger partial charge is 0.393 e. The van der Waals surface area contributed by atoms with Crippen LogP contribution in [0.25, 0.3) is 0 Å². The predicted molar refractivity (Wildman–Crippen MR) is 119 cm³/mol. The Morgan fingerprint density at radius 3 is 2.35 bits per heavy atom. The summed E-state index contributed by atoms with van der Waals surface area (Å²) in [5, 5.41) is 22.1. The van der Waals surface area contributed by atoms with Gasteiger partial charge in [-0.2, -0.15) is 0 Å². The number of fused-ring (bicyclic) bond motifs is 7. The van der Waals surface area contributed by atoms with Crippen molar-refractivity contribution in [2.75, 3.05) is 6.61 Å². The van der Waals surface area contributed by atoms with E-state index in [2.05, 4.69) is 27.7 Å². The summed E-state index contributed by atoms with van der Waals surface area (Å²) >= 11 is 0. The second kappa shape index (κ2) is 6.93. The third-order valence-electron chi connectivity index (χ3n) is 11.9. The Morgan fingerprint density at radius 1 is 0.839 bits per heavy atom. The van der Waals surface area contributed by atoms with Crippen LogP contribution in [0.4, 0.5) is 0 Å². The quantitative estimate of drug-likeness (QED) is 0.579. The second-order valence-electron chi connectivity index (χ2n) is 13.2. The van der Waals surface area contributed by atoms with Crippen LogP contribution in [0.3, 0.4) is 0 Å². The summed E-state index contributed by atoms with van der Waals surface area (Å²) < 4.78 is 13.2. The molecule has 0 bridgehead atoms. The molecule has 13 atom stereocenters. The molecule has 2 saturated heterocycles. The van der Waals surface area contributed by atoms with Gasteiger partial charge in [-0.3, -0.25) is 0 Å². The fraction of sp³-hybridized carbons (Fsp3) is 1.00. The molecule has 4 heteroatoms. The number of hydrogen-bond acceptors (Lipinski definition) is 4. The van der Waals surface area contributed by atoms with Gasteiger partial charge in [-0.25, -0.2) is 0 Å². The van der Waals surface area contributed by atoms with Crippen LogP contribution in [-0.2, 0) is 9.47 Å². The minimum Gasteiger partial charge on any atom is -0.393 e. The molecule has 0 unspecified atom stereocenters. The summed E-state index contributed by atoms with van der Waals surface area (Å²) in [7, 11) is 0. The van der Waals surface area contributed by atoms with Crippen molar-refractivity contribution in [2.24, 2.45) is 52.3 Å². The molecule has 0 aromatic heterocycles. The van der Waals surface area contributed by atoms with Crippen LogP contribution in [0.2, 0.25) is 0 Å². The van der Waals surface area contributed by atoms with E-state index in [1.54, 1.807) is 0 Å². The van der Waals surface area contributed by atoms with E-state index in [9.17, 15) is 10.2 Å². The molecule has 2 aliphatic heterocycles. The predicted octanol–water partition coefficient (Wildman–Crippen LogP) is 4.76. The molecule has 0 aromatic carbocycles. The van der Waals surface area contributed by atoms with Gasteiger partial charge in [0.1, 0.15) is 0 Å². The van der Waals surface area contributed by atoms with Crippen LogP contribution in [0.15, 0.2) is 0 Å². The molecule has 31 heavy (non-hydrogen) atoms. The van der Waals surface area contributed by atoms with E-state index in [0.29, 0.717) is 46.8 Å². The fourth-order valence-corrected chi connectivity index (χ4v) is 10.3. The van der Waals surface area contributed by atoms with Crippen molar-refractivity contribution < 1.29 is 19.7 Å². The third-order valence-corrected chi connectivity index (χ3v) is 11.9. The minimum atomic E-state index is -0.462. The summed E-state index contributed by atoms with van der Waals surface area (Å²) in [6, 6.07) is 0. The normalized spacial score (nSPS) is 63.3. The average molecular weight is 433 g/mol. The van der Waals surface area contributed by atoms with Crippen LogP contribution in [0.1, 0.15) is 85.5 Å². The maximum Gasteiger partial charge on any atom is 0.171 e. The molecule has 176 valence electrons. The molecule has 6 fully saturated rings. The summed E-state index contributed by atoms with van der Waals surface area (Å²) in [6.45, 7) is 10.4. The van der Waals surface area contributed by atoms with Gasteiger partial charge in [-0.1, -0.05) is 27.7 Å². The second-order valence-corrected chi connectivity index (χ2v) is 13.2. The van der Waals surface area contributed by atoms with Crippen molar-refractivity contribution in [2.45, 2.75) is 110 Å². The third kappa shape index (κ3) is 2.74. The van der Waals surface area contributed by atoms with E-state index in [0.717, 1.165) is 38.7 Å². The SMILES string of the molecule is C[C@@H]1CC[C@@]2(OC1)O[C@H]1[C@@H](O)[C@H]3[C@@H]4CC[C@H]5C[C@H](O)CC[C@]5(C)[C@H]4CC[C@]3(C)[C@H]1[C@@H]2C. The molecule has 0 amide bonds. The Balaban J connectivity index is 1.30. The molecule has 4 aliphatic carbocycles. The lowest BCUT2D eigenvalue weighted by Gasteiger charge is -2.61. The van der Waals surface area contributed by atoms with Gasteiger partial charge in [0.2, 0.25) is 0 Å². The molecule has 4 nitrogen and oxygen atoms in total. The standard InChI is InChI=1S/C27H44O4/c1-15-7-12-27(30-14-15)16(2)21-24(31-27)23(29)22-19-6-5-17-13-18(28)8-10-25(17,3)20(19)9-11-26(21,22)4/h15-24,28-29H,5-14H2,1-4H3/t15-,16+,17+,18-,19-,20+,21+,22-,23+,24-,25+,26-,27-/m1/s1. The van der Waals surface area contributed by atoms with Crippen molar-refractivity contribution in [1.29, 1.82) is 0 Å². The van der Waals surface area contributed by atoms with E-state index in [-0.39, 0.29) is 23.7 Å². The van der Waals surface area contributed by atoms with Gasteiger partial charge in [0.15, 0.2) is 5.79 Å². The number of aliphatic hydroxyl groups excluding tert-OH is 2. The zero-order valence-corrected chi connectivity index (χ0v) is 20.1. The topological polar surface area (TPSA) is 58.9 Å². The Labute approximate surface area is 188 Å². The maximum atomic E-state index is 11.8. The van der Waals surface area contributed by atoms with Gasteiger partial charge in [-0.15, -0.1) is 0 Å². The number of hydrogen-bond donors (Lipinski definition) is 2. The van der Waals surface area contributed by atoms with Gasteiger partial charge in [0.05, 0.1) is 24.9 Å². The van der Waals surface area contributed by atoms with Crippen LogP contribution in [-0.4, -0.2) is 40.9 Å². The lowest BCUT2D eigenvalue weighted by Crippen LogP contribution is -2.56. The first-order chi connectivity index (χ1) is 14.7. The summed E-state index contributed by atoms with van der Waals surface area (Å²) in [6.07, 6.45) is 9.69. The van der Waals surface area contributed by atoms with Crippen molar-refractivity contribution in [1.82, 2.24) is 0 Å². The minimum absolute atomic E-state index is 0.0594. The van der Waals surface area contributed by atoms with Gasteiger partial charge >= 0.3 is 0 Å². The Hall–Kier alpha value is -0.160. The highest BCUT2D eigenvalue weighted by Gasteiger charge is 2.72. The van der Waals surface area contributed by atoms with Crippen molar-refractivity contribution in [3.8, 4) is 0 Å². The van der Waals surface area contributed by atoms with Crippen LogP contribution in [0.5, 0.6) is 0 Å². The molecular weight excluding hydrogens is 388 g/mol. The van der Waals surface area contributed by atoms with E-state index in [4.69, 9.17) is 9.47 Å². The van der Waals surface area contributed by atoms with Crippen molar-refractivity contribution >= 4 is 0 Å².